The van der Waals surface area contributed by atoms with Crippen molar-refractivity contribution < 1.29 is 32.2 Å². The maximum absolute atomic E-state index is 13.8. The molecule has 0 radical (unpaired) electrons. The first-order valence-corrected chi connectivity index (χ1v) is 18.0. The molecule has 7 nitrogen and oxygen atoms in total. The molecule has 0 aliphatic carbocycles. The van der Waals surface area contributed by atoms with E-state index in [0.29, 0.717) is 36.5 Å². The van der Waals surface area contributed by atoms with Gasteiger partial charge in [0.15, 0.2) is 0 Å². The van der Waals surface area contributed by atoms with E-state index in [9.17, 15) is 22.8 Å². The van der Waals surface area contributed by atoms with Gasteiger partial charge in [0.25, 0.3) is 0 Å². The molecule has 2 amide bonds. The van der Waals surface area contributed by atoms with E-state index < -0.39 is 11.7 Å². The fourth-order valence-electron chi connectivity index (χ4n) is 7.40. The smallest absolute Gasteiger partial charge is 0.416 e. The number of hydrogen-bond donors (Lipinski definition) is 1. The van der Waals surface area contributed by atoms with Crippen LogP contribution in [0.3, 0.4) is 0 Å². The lowest BCUT2D eigenvalue weighted by atomic mass is 9.76. The Labute approximate surface area is 311 Å². The molecule has 4 atom stereocenters. The van der Waals surface area contributed by atoms with Gasteiger partial charge in [-0.25, -0.2) is 0 Å². The van der Waals surface area contributed by atoms with Crippen LogP contribution in [0.15, 0.2) is 91.0 Å². The van der Waals surface area contributed by atoms with Crippen molar-refractivity contribution in [2.24, 2.45) is 17.8 Å². The van der Waals surface area contributed by atoms with Gasteiger partial charge in [-0.3, -0.25) is 9.59 Å². The molecule has 0 aromatic heterocycles. The largest absolute Gasteiger partial charge is 0.497 e. The standard InChI is InChI=1S/C25H31F3N2O2.C18H19NO2/c1-16(2)23-21(17-6-9-20(32-5)10-7-17)15-18-14-19(25(26,27)28)8-11-22(18)30(24(23)31)13-12-29(3)4;1-12-16(13-7-9-15(21-2)10-8-13)11-14-5-3-4-6-17(14)19-18(12)20/h6-11,14,16,21,23H,12-13,15H2,1-5H3;3-10,12,16H,11H2,1-2H3,(H,19,20)/t21-,23+;/m1./s1. The van der Waals surface area contributed by atoms with Gasteiger partial charge in [-0.2, -0.15) is 13.2 Å². The first-order chi connectivity index (χ1) is 25.2. The van der Waals surface area contributed by atoms with E-state index in [-0.39, 0.29) is 41.4 Å². The number of nitrogens with zero attached hydrogens (tertiary/aromatic N) is 2. The highest BCUT2D eigenvalue weighted by Crippen LogP contribution is 2.43. The van der Waals surface area contributed by atoms with Crippen LogP contribution in [-0.4, -0.2) is 58.1 Å². The Bertz CT molecular complexity index is 1860. The number of benzene rings is 4. The third-order valence-electron chi connectivity index (χ3n) is 10.4. The Kier molecular flexibility index (Phi) is 12.5. The van der Waals surface area contributed by atoms with E-state index in [1.165, 1.54) is 23.3 Å². The molecule has 0 saturated carbocycles. The summed E-state index contributed by atoms with van der Waals surface area (Å²) in [6.45, 7) is 7.03. The topological polar surface area (TPSA) is 71.1 Å². The summed E-state index contributed by atoms with van der Waals surface area (Å²) in [5.41, 5.74) is 4.67. The van der Waals surface area contributed by atoms with E-state index in [2.05, 4.69) is 23.5 Å². The number of methoxy groups -OCH3 is 2. The van der Waals surface area contributed by atoms with Crippen molar-refractivity contribution in [2.75, 3.05) is 51.6 Å². The van der Waals surface area contributed by atoms with Crippen LogP contribution in [0.1, 0.15) is 60.4 Å². The second-order valence-electron chi connectivity index (χ2n) is 14.5. The first-order valence-electron chi connectivity index (χ1n) is 18.0. The lowest BCUT2D eigenvalue weighted by molar-refractivity contribution is -0.137. The predicted molar refractivity (Wildman–Crippen MR) is 204 cm³/mol. The summed E-state index contributed by atoms with van der Waals surface area (Å²) in [6.07, 6.45) is -3.21. The van der Waals surface area contributed by atoms with Gasteiger partial charge in [-0.1, -0.05) is 63.2 Å². The number of ether oxygens (including phenoxy) is 2. The van der Waals surface area contributed by atoms with Crippen LogP contribution in [0, 0.1) is 17.8 Å². The maximum Gasteiger partial charge on any atom is 0.416 e. The fraction of sp³-hybridized carbons (Fsp3) is 0.395. The molecule has 6 rings (SSSR count). The maximum atomic E-state index is 13.8. The Balaban J connectivity index is 0.000000222. The molecule has 282 valence electrons. The minimum atomic E-state index is -4.44. The number of carbonyl (C=O) groups is 2. The van der Waals surface area contributed by atoms with Gasteiger partial charge in [-0.15, -0.1) is 0 Å². The Morgan fingerprint density at radius 3 is 1.92 bits per heavy atom. The number of nitrogens with one attached hydrogen (secondary N) is 1. The number of hydrogen-bond acceptors (Lipinski definition) is 5. The van der Waals surface area contributed by atoms with Gasteiger partial charge in [0, 0.05) is 36.3 Å². The van der Waals surface area contributed by atoms with Crippen LogP contribution in [0.4, 0.5) is 24.5 Å². The SMILES string of the molecule is COc1ccc(C2Cc3ccccc3NC(=O)C2C)cc1.COc1ccc([C@H]2Cc3cc(C(F)(F)F)ccc3N(CCN(C)C)C(=O)[C@H]2C(C)C)cc1. The fourth-order valence-corrected chi connectivity index (χ4v) is 7.40. The van der Waals surface area contributed by atoms with Crippen molar-refractivity contribution in [2.45, 2.75) is 51.6 Å². The van der Waals surface area contributed by atoms with E-state index >= 15 is 0 Å². The van der Waals surface area contributed by atoms with Gasteiger partial charge >= 0.3 is 6.18 Å². The van der Waals surface area contributed by atoms with Crippen LogP contribution >= 0.6 is 0 Å². The first kappa shape index (κ1) is 39.4. The number of amides is 2. The Morgan fingerprint density at radius 1 is 0.811 bits per heavy atom. The Morgan fingerprint density at radius 2 is 1.38 bits per heavy atom. The number of para-hydroxylation sites is 1. The average molecular weight is 730 g/mol. The summed E-state index contributed by atoms with van der Waals surface area (Å²) in [5, 5.41) is 3.03. The lowest BCUT2D eigenvalue weighted by Gasteiger charge is -2.31. The van der Waals surface area contributed by atoms with Gasteiger partial charge in [-0.05, 0) is 115 Å². The number of rotatable bonds is 8. The molecule has 0 spiro atoms. The van der Waals surface area contributed by atoms with Gasteiger partial charge in [0.2, 0.25) is 11.8 Å². The van der Waals surface area contributed by atoms with Crippen LogP contribution < -0.4 is 19.7 Å². The highest BCUT2D eigenvalue weighted by atomic mass is 19.4. The monoisotopic (exact) mass is 729 g/mol. The van der Waals surface area contributed by atoms with Crippen molar-refractivity contribution in [3.05, 3.63) is 119 Å². The van der Waals surface area contributed by atoms with Crippen molar-refractivity contribution in [1.29, 1.82) is 0 Å². The van der Waals surface area contributed by atoms with Crippen molar-refractivity contribution in [1.82, 2.24) is 4.90 Å². The van der Waals surface area contributed by atoms with Gasteiger partial charge in [0.05, 0.1) is 19.8 Å². The third kappa shape index (κ3) is 9.22. The Hall–Kier alpha value is -4.83. The highest BCUT2D eigenvalue weighted by Gasteiger charge is 2.41. The lowest BCUT2D eigenvalue weighted by Crippen LogP contribution is -2.42. The van der Waals surface area contributed by atoms with Gasteiger partial charge in [0.1, 0.15) is 11.5 Å². The summed E-state index contributed by atoms with van der Waals surface area (Å²) in [7, 11) is 7.07. The molecule has 53 heavy (non-hydrogen) atoms. The molecule has 0 fully saturated rings. The number of carbonyl (C=O) groups excluding carboxylic acids is 2. The van der Waals surface area contributed by atoms with Gasteiger partial charge < -0.3 is 24.6 Å². The van der Waals surface area contributed by atoms with Crippen LogP contribution in [0.2, 0.25) is 0 Å². The molecule has 4 aromatic carbocycles. The third-order valence-corrected chi connectivity index (χ3v) is 10.4. The quantitative estimate of drug-likeness (QED) is 0.196. The van der Waals surface area contributed by atoms with E-state index in [1.54, 1.807) is 19.1 Å². The minimum absolute atomic E-state index is 0.0212. The molecular formula is C43H50F3N3O4. The number of halogens is 3. The molecule has 1 N–H and O–H groups in total. The molecular weight excluding hydrogens is 679 g/mol. The summed E-state index contributed by atoms with van der Waals surface area (Å²) in [6, 6.07) is 27.3. The molecule has 0 bridgehead atoms. The second kappa shape index (κ2) is 16.9. The number of anilines is 2. The zero-order valence-corrected chi connectivity index (χ0v) is 31.5. The molecule has 2 heterocycles. The summed E-state index contributed by atoms with van der Waals surface area (Å²) < 4.78 is 50.9. The highest BCUT2D eigenvalue weighted by molar-refractivity contribution is 5.97. The second-order valence-corrected chi connectivity index (χ2v) is 14.5. The number of alkyl halides is 3. The molecule has 2 aliphatic heterocycles. The van der Waals surface area contributed by atoms with E-state index in [0.717, 1.165) is 29.5 Å². The molecule has 2 unspecified atom stereocenters. The zero-order chi connectivity index (χ0) is 38.4. The average Bonchev–Trinajstić information content (AvgIpc) is 3.35. The summed E-state index contributed by atoms with van der Waals surface area (Å²) in [5.74, 6) is 1.12. The van der Waals surface area contributed by atoms with Crippen molar-refractivity contribution >= 4 is 23.2 Å². The number of likely N-dealkylation sites (N-methyl/N-ethyl adjacent to an activating group) is 1. The van der Waals surface area contributed by atoms with Crippen LogP contribution in [0.5, 0.6) is 11.5 Å². The summed E-state index contributed by atoms with van der Waals surface area (Å²) in [4.78, 5) is 29.8. The van der Waals surface area contributed by atoms with Crippen LogP contribution in [-0.2, 0) is 28.6 Å². The zero-order valence-electron chi connectivity index (χ0n) is 31.5. The van der Waals surface area contributed by atoms with E-state index in [1.807, 2.05) is 94.4 Å². The van der Waals surface area contributed by atoms with E-state index in [4.69, 9.17) is 9.47 Å². The van der Waals surface area contributed by atoms with Crippen LogP contribution in [0.25, 0.3) is 0 Å². The predicted octanol–water partition coefficient (Wildman–Crippen LogP) is 8.83. The normalized spacial score (nSPS) is 20.0. The van der Waals surface area contributed by atoms with Crippen molar-refractivity contribution in [3.8, 4) is 11.5 Å². The molecule has 0 saturated heterocycles. The number of fused-ring (bicyclic) bond motifs is 2. The minimum Gasteiger partial charge on any atom is -0.497 e. The molecule has 4 aromatic rings. The van der Waals surface area contributed by atoms with Crippen molar-refractivity contribution in [3.63, 3.8) is 0 Å². The summed E-state index contributed by atoms with van der Waals surface area (Å²) >= 11 is 0. The molecule has 2 aliphatic rings. The molecule has 10 heteroatoms.